The van der Waals surface area contributed by atoms with Crippen molar-refractivity contribution in [2.24, 2.45) is 0 Å². The van der Waals surface area contributed by atoms with Crippen LogP contribution in [0.1, 0.15) is 0 Å². The van der Waals surface area contributed by atoms with Gasteiger partial charge < -0.3 is 14.5 Å². The second-order valence-electron chi connectivity index (χ2n) is 6.31. The van der Waals surface area contributed by atoms with Crippen molar-refractivity contribution in [3.8, 4) is 5.88 Å². The smallest absolute Gasteiger partial charge is 0.323 e. The summed E-state index contributed by atoms with van der Waals surface area (Å²) in [5.41, 5.74) is 1.23. The summed E-state index contributed by atoms with van der Waals surface area (Å²) in [5.74, 6) is 1.45. The Morgan fingerprint density at radius 3 is 2.64 bits per heavy atom. The summed E-state index contributed by atoms with van der Waals surface area (Å²) in [6.07, 6.45) is 1.77. The summed E-state index contributed by atoms with van der Waals surface area (Å²) in [6.45, 7) is 2.58. The van der Waals surface area contributed by atoms with Gasteiger partial charge in [0.2, 0.25) is 0 Å². The minimum Gasteiger partial charge on any atom is -0.478 e. The van der Waals surface area contributed by atoms with E-state index < -0.39 is 0 Å². The maximum absolute atomic E-state index is 12.7. The molecule has 3 heterocycles. The molecule has 2 aromatic heterocycles. The van der Waals surface area contributed by atoms with Gasteiger partial charge in [-0.15, -0.1) is 0 Å². The summed E-state index contributed by atoms with van der Waals surface area (Å²) in [7, 11) is 1.49. The molecule has 1 N–H and O–H groups in total. The fourth-order valence-corrected chi connectivity index (χ4v) is 3.26. The van der Waals surface area contributed by atoms with E-state index in [9.17, 15) is 4.79 Å². The molecule has 0 bridgehead atoms. The van der Waals surface area contributed by atoms with Gasteiger partial charge in [-0.25, -0.2) is 19.7 Å². The average Bonchev–Trinajstić information content (AvgIpc) is 2.74. The lowest BCUT2D eigenvalue weighted by molar-refractivity contribution is 0.208. The van der Waals surface area contributed by atoms with Crippen LogP contribution >= 0.6 is 11.6 Å². The molecule has 28 heavy (non-hydrogen) atoms. The molecule has 0 saturated carbocycles. The van der Waals surface area contributed by atoms with Crippen molar-refractivity contribution in [1.29, 1.82) is 0 Å². The van der Waals surface area contributed by atoms with E-state index in [2.05, 4.69) is 25.2 Å². The van der Waals surface area contributed by atoms with E-state index >= 15 is 0 Å². The largest absolute Gasteiger partial charge is 0.478 e. The summed E-state index contributed by atoms with van der Waals surface area (Å²) in [5, 5.41) is 3.36. The van der Waals surface area contributed by atoms with Gasteiger partial charge in [-0.05, 0) is 30.3 Å². The van der Waals surface area contributed by atoms with Crippen molar-refractivity contribution in [1.82, 2.24) is 19.9 Å². The Morgan fingerprint density at radius 2 is 1.93 bits per heavy atom. The predicted molar refractivity (Wildman–Crippen MR) is 108 cm³/mol. The second kappa shape index (κ2) is 7.85. The lowest BCUT2D eigenvalue weighted by atomic mass is 10.3. The molecular weight excluding hydrogens is 380 g/mol. The number of amides is 2. The lowest BCUT2D eigenvalue weighted by Crippen LogP contribution is -2.50. The van der Waals surface area contributed by atoms with Gasteiger partial charge in [0, 0.05) is 37.4 Å². The Hall–Kier alpha value is -3.13. The molecule has 2 amide bonds. The van der Waals surface area contributed by atoms with Gasteiger partial charge in [-0.1, -0.05) is 17.7 Å². The molecule has 0 atom stereocenters. The van der Waals surface area contributed by atoms with Gasteiger partial charge in [0.15, 0.2) is 5.82 Å². The number of aromatic nitrogens is 3. The molecule has 1 aliphatic heterocycles. The Balaban J connectivity index is 1.46. The molecule has 8 nitrogen and oxygen atoms in total. The third-order valence-corrected chi connectivity index (χ3v) is 4.79. The van der Waals surface area contributed by atoms with Gasteiger partial charge in [0.25, 0.3) is 5.88 Å². The van der Waals surface area contributed by atoms with Crippen LogP contribution < -0.4 is 15.0 Å². The number of ether oxygens (including phenoxy) is 1. The topological polar surface area (TPSA) is 83.5 Å². The van der Waals surface area contributed by atoms with Crippen molar-refractivity contribution < 1.29 is 9.53 Å². The maximum atomic E-state index is 12.7. The molecule has 0 spiro atoms. The van der Waals surface area contributed by atoms with Crippen LogP contribution in [0.5, 0.6) is 5.88 Å². The van der Waals surface area contributed by atoms with Crippen molar-refractivity contribution in [3.05, 3.63) is 47.6 Å². The van der Waals surface area contributed by atoms with Gasteiger partial charge in [-0.3, -0.25) is 5.32 Å². The lowest BCUT2D eigenvalue weighted by Gasteiger charge is -2.35. The zero-order valence-electron chi connectivity index (χ0n) is 15.3. The number of rotatable bonds is 3. The Kier molecular flexibility index (Phi) is 5.12. The molecule has 1 aromatic carbocycles. The third kappa shape index (κ3) is 3.77. The molecular formula is C19H19ClN6O2. The van der Waals surface area contributed by atoms with E-state index in [4.69, 9.17) is 16.3 Å². The number of hydrogen-bond donors (Lipinski definition) is 1. The minimum atomic E-state index is -0.241. The van der Waals surface area contributed by atoms with Crippen LogP contribution in [0, 0.1) is 0 Å². The van der Waals surface area contributed by atoms with Crippen LogP contribution in [0.4, 0.5) is 16.4 Å². The quantitative estimate of drug-likeness (QED) is 0.730. The number of anilines is 2. The molecule has 144 valence electrons. The van der Waals surface area contributed by atoms with Crippen molar-refractivity contribution in [3.63, 3.8) is 0 Å². The SMILES string of the molecule is COc1nc2ccc(Cl)cc2nc1NC(=O)N1CCN(c2ccccn2)CC1. The van der Waals surface area contributed by atoms with Crippen molar-refractivity contribution >= 4 is 40.3 Å². The molecule has 1 saturated heterocycles. The number of carbonyl (C=O) groups excluding carboxylic acids is 1. The number of benzene rings is 1. The number of piperazine rings is 1. The standard InChI is InChI=1S/C19H19ClN6O2/c1-28-18-17(22-15-12-13(20)5-6-14(15)23-18)24-19(27)26-10-8-25(9-11-26)16-4-2-3-7-21-16/h2-7,12H,8-11H2,1H3,(H,22,24,27). The Morgan fingerprint density at radius 1 is 1.11 bits per heavy atom. The molecule has 4 rings (SSSR count). The van der Waals surface area contributed by atoms with Gasteiger partial charge in [-0.2, -0.15) is 0 Å². The number of methoxy groups -OCH3 is 1. The third-order valence-electron chi connectivity index (χ3n) is 4.55. The first-order chi connectivity index (χ1) is 13.6. The van der Waals surface area contributed by atoms with Crippen LogP contribution in [0.25, 0.3) is 11.0 Å². The highest BCUT2D eigenvalue weighted by molar-refractivity contribution is 6.31. The monoisotopic (exact) mass is 398 g/mol. The number of carbonyl (C=O) groups is 1. The minimum absolute atomic E-state index is 0.241. The normalized spacial score (nSPS) is 14.2. The summed E-state index contributed by atoms with van der Waals surface area (Å²) in [4.78, 5) is 29.8. The maximum Gasteiger partial charge on any atom is 0.323 e. The number of halogens is 1. The molecule has 9 heteroatoms. The van der Waals surface area contributed by atoms with E-state index in [1.807, 2.05) is 18.2 Å². The predicted octanol–water partition coefficient (Wildman–Crippen LogP) is 3.04. The van der Waals surface area contributed by atoms with Crippen LogP contribution in [-0.4, -0.2) is 59.2 Å². The number of nitrogens with one attached hydrogen (secondary N) is 1. The first kappa shape index (κ1) is 18.2. The average molecular weight is 399 g/mol. The fourth-order valence-electron chi connectivity index (χ4n) is 3.09. The molecule has 1 aliphatic rings. The molecule has 0 aliphatic carbocycles. The van der Waals surface area contributed by atoms with E-state index in [0.717, 1.165) is 5.82 Å². The first-order valence-corrected chi connectivity index (χ1v) is 9.25. The Bertz CT molecular complexity index is 992. The fraction of sp³-hybridized carbons (Fsp3) is 0.263. The second-order valence-corrected chi connectivity index (χ2v) is 6.74. The number of urea groups is 1. The van der Waals surface area contributed by atoms with E-state index in [1.165, 1.54) is 7.11 Å². The highest BCUT2D eigenvalue weighted by Gasteiger charge is 2.23. The summed E-state index contributed by atoms with van der Waals surface area (Å²) in [6, 6.07) is 10.8. The number of fused-ring (bicyclic) bond motifs is 1. The van der Waals surface area contributed by atoms with E-state index in [-0.39, 0.29) is 17.7 Å². The highest BCUT2D eigenvalue weighted by atomic mass is 35.5. The molecule has 1 fully saturated rings. The zero-order valence-corrected chi connectivity index (χ0v) is 16.1. The number of nitrogens with zero attached hydrogens (tertiary/aromatic N) is 5. The number of pyridine rings is 1. The van der Waals surface area contributed by atoms with Gasteiger partial charge >= 0.3 is 6.03 Å². The molecule has 0 unspecified atom stereocenters. The van der Waals surface area contributed by atoms with E-state index in [0.29, 0.717) is 42.2 Å². The van der Waals surface area contributed by atoms with E-state index in [1.54, 1.807) is 29.3 Å². The molecule has 0 radical (unpaired) electrons. The van der Waals surface area contributed by atoms with Crippen LogP contribution in [-0.2, 0) is 0 Å². The highest BCUT2D eigenvalue weighted by Crippen LogP contribution is 2.25. The molecule has 3 aromatic rings. The zero-order chi connectivity index (χ0) is 19.5. The van der Waals surface area contributed by atoms with Crippen LogP contribution in [0.3, 0.4) is 0 Å². The summed E-state index contributed by atoms with van der Waals surface area (Å²) >= 11 is 6.03. The van der Waals surface area contributed by atoms with Gasteiger partial charge in [0.05, 0.1) is 18.1 Å². The van der Waals surface area contributed by atoms with Crippen molar-refractivity contribution in [2.45, 2.75) is 0 Å². The first-order valence-electron chi connectivity index (χ1n) is 8.87. The van der Waals surface area contributed by atoms with Crippen molar-refractivity contribution in [2.75, 3.05) is 43.5 Å². The van der Waals surface area contributed by atoms with Gasteiger partial charge in [0.1, 0.15) is 5.82 Å². The van der Waals surface area contributed by atoms with Crippen LogP contribution in [0.15, 0.2) is 42.6 Å². The summed E-state index contributed by atoms with van der Waals surface area (Å²) < 4.78 is 5.29. The Labute approximate surface area is 167 Å². The van der Waals surface area contributed by atoms with Crippen LogP contribution in [0.2, 0.25) is 5.02 Å². The number of hydrogen-bond acceptors (Lipinski definition) is 6.